The van der Waals surface area contributed by atoms with Crippen molar-refractivity contribution in [1.82, 2.24) is 19.7 Å². The molecule has 2 aromatic rings. The van der Waals surface area contributed by atoms with Crippen molar-refractivity contribution >= 4 is 5.69 Å². The van der Waals surface area contributed by atoms with Crippen LogP contribution in [-0.2, 0) is 11.2 Å². The van der Waals surface area contributed by atoms with E-state index in [1.807, 2.05) is 12.3 Å². The van der Waals surface area contributed by atoms with Crippen molar-refractivity contribution in [2.24, 2.45) is 0 Å². The maximum absolute atomic E-state index is 13.0. The SMILES string of the molecule is CCc1ncccc1C(CC)N1CCN(c2cnn(C3CCCCO3)c(=O)c2C#N)CC1. The predicted octanol–water partition coefficient (Wildman–Crippen LogP) is 3.04. The largest absolute Gasteiger partial charge is 0.366 e. The maximum atomic E-state index is 13.0. The smallest absolute Gasteiger partial charge is 0.289 e. The Labute approximate surface area is 189 Å². The van der Waals surface area contributed by atoms with Crippen molar-refractivity contribution in [2.45, 2.75) is 58.2 Å². The van der Waals surface area contributed by atoms with Crippen LogP contribution in [-0.4, -0.2) is 52.5 Å². The highest BCUT2D eigenvalue weighted by Gasteiger charge is 2.28. The van der Waals surface area contributed by atoms with Gasteiger partial charge in [-0.1, -0.05) is 19.9 Å². The fraction of sp³-hybridized carbons (Fsp3) is 0.583. The fourth-order valence-corrected chi connectivity index (χ4v) is 4.92. The third kappa shape index (κ3) is 4.41. The molecule has 4 rings (SSSR count). The van der Waals surface area contributed by atoms with Crippen LogP contribution < -0.4 is 10.5 Å². The maximum Gasteiger partial charge on any atom is 0.289 e. The number of hydrogen-bond acceptors (Lipinski definition) is 7. The normalized spacial score (nSPS) is 20.7. The summed E-state index contributed by atoms with van der Waals surface area (Å²) in [6.45, 7) is 8.20. The van der Waals surface area contributed by atoms with E-state index < -0.39 is 0 Å². The van der Waals surface area contributed by atoms with E-state index in [1.54, 1.807) is 6.20 Å². The van der Waals surface area contributed by atoms with Gasteiger partial charge in [-0.25, -0.2) is 0 Å². The number of aryl methyl sites for hydroxylation is 1. The van der Waals surface area contributed by atoms with Gasteiger partial charge < -0.3 is 9.64 Å². The van der Waals surface area contributed by atoms with Crippen molar-refractivity contribution in [3.63, 3.8) is 0 Å². The summed E-state index contributed by atoms with van der Waals surface area (Å²) in [6.07, 6.45) is 7.85. The topological polar surface area (TPSA) is 87.3 Å². The summed E-state index contributed by atoms with van der Waals surface area (Å²) in [6, 6.07) is 6.67. The van der Waals surface area contributed by atoms with Crippen LogP contribution in [0, 0.1) is 11.3 Å². The average Bonchev–Trinajstić information content (AvgIpc) is 2.85. The number of ether oxygens (including phenoxy) is 1. The number of anilines is 1. The van der Waals surface area contributed by atoms with Crippen LogP contribution in [0.2, 0.25) is 0 Å². The summed E-state index contributed by atoms with van der Waals surface area (Å²) in [5.41, 5.74) is 2.91. The molecule has 0 amide bonds. The molecule has 32 heavy (non-hydrogen) atoms. The minimum Gasteiger partial charge on any atom is -0.366 e. The molecule has 170 valence electrons. The highest BCUT2D eigenvalue weighted by atomic mass is 16.5. The van der Waals surface area contributed by atoms with Crippen molar-refractivity contribution in [2.75, 3.05) is 37.7 Å². The molecule has 2 fully saturated rings. The van der Waals surface area contributed by atoms with E-state index in [0.717, 1.165) is 64.0 Å². The molecular weight excluding hydrogens is 404 g/mol. The number of piperazine rings is 1. The zero-order valence-electron chi connectivity index (χ0n) is 19.0. The standard InChI is InChI=1S/C24H32N6O2/c1-3-20-18(8-7-10-26-20)21(4-2)28-11-13-29(14-12-28)22-17-27-30(24(31)19(22)16-25)23-9-5-6-15-32-23/h7-8,10,17,21,23H,3-6,9,11-15H2,1-2H3. The molecule has 0 bridgehead atoms. The molecule has 0 radical (unpaired) electrons. The first-order valence-electron chi connectivity index (χ1n) is 11.7. The minimum absolute atomic E-state index is 0.162. The van der Waals surface area contributed by atoms with Crippen molar-refractivity contribution in [3.8, 4) is 6.07 Å². The molecule has 2 aliphatic heterocycles. The van der Waals surface area contributed by atoms with Crippen molar-refractivity contribution < 1.29 is 4.74 Å². The molecule has 8 nitrogen and oxygen atoms in total. The number of aromatic nitrogens is 3. The lowest BCUT2D eigenvalue weighted by molar-refractivity contribution is -0.0425. The number of pyridine rings is 1. The van der Waals surface area contributed by atoms with Gasteiger partial charge in [0.25, 0.3) is 5.56 Å². The molecule has 2 aliphatic rings. The third-order valence-electron chi connectivity index (χ3n) is 6.62. The fourth-order valence-electron chi connectivity index (χ4n) is 4.92. The summed E-state index contributed by atoms with van der Waals surface area (Å²) in [4.78, 5) is 22.2. The van der Waals surface area contributed by atoms with Crippen LogP contribution in [0.15, 0.2) is 29.3 Å². The number of hydrogen-bond donors (Lipinski definition) is 0. The summed E-state index contributed by atoms with van der Waals surface area (Å²) < 4.78 is 7.06. The van der Waals surface area contributed by atoms with E-state index >= 15 is 0 Å². The van der Waals surface area contributed by atoms with Crippen molar-refractivity contribution in [3.05, 3.63) is 51.7 Å². The Morgan fingerprint density at radius 3 is 2.72 bits per heavy atom. The number of rotatable bonds is 6. The first-order chi connectivity index (χ1) is 15.7. The van der Waals surface area contributed by atoms with Gasteiger partial charge in [0.05, 0.1) is 11.9 Å². The molecule has 8 heteroatoms. The predicted molar refractivity (Wildman–Crippen MR) is 122 cm³/mol. The van der Waals surface area contributed by atoms with E-state index in [-0.39, 0.29) is 17.4 Å². The summed E-state index contributed by atoms with van der Waals surface area (Å²) in [5.74, 6) is 0. The average molecular weight is 437 g/mol. The van der Waals surface area contributed by atoms with Gasteiger partial charge in [-0.05, 0) is 43.7 Å². The van der Waals surface area contributed by atoms with E-state index in [0.29, 0.717) is 18.3 Å². The minimum atomic E-state index is -0.369. The van der Waals surface area contributed by atoms with E-state index in [2.05, 4.69) is 45.9 Å². The zero-order valence-corrected chi connectivity index (χ0v) is 19.0. The summed E-state index contributed by atoms with van der Waals surface area (Å²) in [5, 5.41) is 14.2. The van der Waals surface area contributed by atoms with Gasteiger partial charge >= 0.3 is 0 Å². The lowest BCUT2D eigenvalue weighted by atomic mass is 9.99. The Morgan fingerprint density at radius 2 is 2.06 bits per heavy atom. The molecule has 0 spiro atoms. The molecule has 4 heterocycles. The van der Waals surface area contributed by atoms with Gasteiger partial charge in [-0.15, -0.1) is 0 Å². The van der Waals surface area contributed by atoms with Crippen LogP contribution in [0.5, 0.6) is 0 Å². The Morgan fingerprint density at radius 1 is 1.25 bits per heavy atom. The molecule has 0 aliphatic carbocycles. The zero-order chi connectivity index (χ0) is 22.5. The van der Waals surface area contributed by atoms with Crippen LogP contribution in [0.3, 0.4) is 0 Å². The number of nitriles is 1. The second-order valence-electron chi connectivity index (χ2n) is 8.43. The lowest BCUT2D eigenvalue weighted by Crippen LogP contribution is -2.48. The van der Waals surface area contributed by atoms with E-state index in [4.69, 9.17) is 4.74 Å². The third-order valence-corrected chi connectivity index (χ3v) is 6.62. The van der Waals surface area contributed by atoms with E-state index in [1.165, 1.54) is 10.2 Å². The summed E-state index contributed by atoms with van der Waals surface area (Å²) in [7, 11) is 0. The molecule has 2 aromatic heterocycles. The van der Waals surface area contributed by atoms with Gasteiger partial charge in [-0.2, -0.15) is 15.0 Å². The molecule has 0 N–H and O–H groups in total. The van der Waals surface area contributed by atoms with Gasteiger partial charge in [0.15, 0.2) is 6.23 Å². The molecule has 2 saturated heterocycles. The van der Waals surface area contributed by atoms with Crippen LogP contribution in [0.1, 0.15) is 68.6 Å². The Hall–Kier alpha value is -2.76. The highest BCUT2D eigenvalue weighted by molar-refractivity contribution is 5.57. The second kappa shape index (κ2) is 10.2. The van der Waals surface area contributed by atoms with Crippen LogP contribution in [0.25, 0.3) is 0 Å². The Balaban J connectivity index is 1.51. The second-order valence-corrected chi connectivity index (χ2v) is 8.43. The summed E-state index contributed by atoms with van der Waals surface area (Å²) >= 11 is 0. The highest BCUT2D eigenvalue weighted by Crippen LogP contribution is 2.29. The van der Waals surface area contributed by atoms with E-state index in [9.17, 15) is 10.1 Å². The molecule has 0 saturated carbocycles. The first kappa shape index (κ1) is 22.4. The Bertz CT molecular complexity index is 1020. The monoisotopic (exact) mass is 436 g/mol. The lowest BCUT2D eigenvalue weighted by Gasteiger charge is -2.40. The van der Waals surface area contributed by atoms with Gasteiger partial charge in [0.1, 0.15) is 11.6 Å². The molecule has 2 unspecified atom stereocenters. The molecule has 0 aromatic carbocycles. The van der Waals surface area contributed by atoms with Crippen LogP contribution in [0.4, 0.5) is 5.69 Å². The van der Waals surface area contributed by atoms with Gasteiger partial charge in [0, 0.05) is 50.7 Å². The van der Waals surface area contributed by atoms with Gasteiger partial charge in [-0.3, -0.25) is 14.7 Å². The first-order valence-corrected chi connectivity index (χ1v) is 11.7. The Kier molecular flexibility index (Phi) is 7.18. The molecule has 2 atom stereocenters. The van der Waals surface area contributed by atoms with Gasteiger partial charge in [0.2, 0.25) is 0 Å². The van der Waals surface area contributed by atoms with Crippen LogP contribution >= 0.6 is 0 Å². The molecular formula is C24H32N6O2. The van der Waals surface area contributed by atoms with Crippen molar-refractivity contribution in [1.29, 1.82) is 5.26 Å². The quantitative estimate of drug-likeness (QED) is 0.688. The number of nitrogens with zero attached hydrogens (tertiary/aromatic N) is 6.